The van der Waals surface area contributed by atoms with Crippen LogP contribution < -0.4 is 10.2 Å². The Hall–Kier alpha value is -0.940. The molecule has 0 spiro atoms. The molecule has 1 heterocycles. The number of morpholine rings is 1. The lowest BCUT2D eigenvalue weighted by Gasteiger charge is -2.36. The number of benzene rings is 1. The molecular weight excluding hydrogens is 252 g/mol. The van der Waals surface area contributed by atoms with E-state index in [2.05, 4.69) is 19.2 Å². The third kappa shape index (κ3) is 4.28. The van der Waals surface area contributed by atoms with Gasteiger partial charge >= 0.3 is 0 Å². The van der Waals surface area contributed by atoms with Crippen molar-refractivity contribution < 1.29 is 20.1 Å². The lowest BCUT2D eigenvalue weighted by atomic mass is 10.0. The van der Waals surface area contributed by atoms with Gasteiger partial charge in [-0.15, -0.1) is 0 Å². The number of nitrogens with one attached hydrogen (secondary N) is 1. The van der Waals surface area contributed by atoms with Crippen LogP contribution in [0.1, 0.15) is 25.5 Å². The number of hydrogen-bond donors (Lipinski definition) is 3. The van der Waals surface area contributed by atoms with Crippen molar-refractivity contribution in [3.05, 3.63) is 35.9 Å². The molecule has 0 bridgehead atoms. The van der Waals surface area contributed by atoms with Crippen LogP contribution in [0.25, 0.3) is 0 Å². The molecule has 0 unspecified atom stereocenters. The van der Waals surface area contributed by atoms with Gasteiger partial charge in [0.15, 0.2) is 0 Å². The summed E-state index contributed by atoms with van der Waals surface area (Å²) in [5, 5.41) is 12.4. The summed E-state index contributed by atoms with van der Waals surface area (Å²) in [6.45, 7) is 10.3. The number of nitrogens with two attached hydrogens (primary N) is 1. The van der Waals surface area contributed by atoms with Crippen molar-refractivity contribution in [2.24, 2.45) is 0 Å². The minimum Gasteiger partial charge on any atom is -0.382 e. The van der Waals surface area contributed by atoms with Crippen LogP contribution in [-0.4, -0.2) is 50.0 Å². The van der Waals surface area contributed by atoms with Crippen molar-refractivity contribution in [3.8, 4) is 0 Å². The summed E-state index contributed by atoms with van der Waals surface area (Å²) in [4.78, 5) is 1.61. The summed E-state index contributed by atoms with van der Waals surface area (Å²) in [5.41, 5.74) is 1.22. The van der Waals surface area contributed by atoms with E-state index < -0.39 is 0 Å². The average Bonchev–Trinajstić information content (AvgIpc) is 2.49. The van der Waals surface area contributed by atoms with Crippen LogP contribution in [-0.2, 0) is 4.74 Å². The Kier molecular flexibility index (Phi) is 5.54. The summed E-state index contributed by atoms with van der Waals surface area (Å²) in [6.07, 6.45) is -0.383. The number of aliphatic hydroxyl groups is 1. The molecule has 112 valence electrons. The van der Waals surface area contributed by atoms with Crippen LogP contribution in [0, 0.1) is 0 Å². The number of hydrogen-bond acceptors (Lipinski definition) is 2. The Morgan fingerprint density at radius 2 is 1.90 bits per heavy atom. The largest absolute Gasteiger partial charge is 0.382 e. The van der Waals surface area contributed by atoms with Crippen molar-refractivity contribution >= 4 is 0 Å². The number of rotatable bonds is 6. The van der Waals surface area contributed by atoms with E-state index in [4.69, 9.17) is 4.74 Å². The molecule has 4 nitrogen and oxygen atoms in total. The lowest BCUT2D eigenvalue weighted by molar-refractivity contribution is -0.968. The second kappa shape index (κ2) is 7.18. The molecule has 0 aromatic heterocycles. The van der Waals surface area contributed by atoms with Gasteiger partial charge < -0.3 is 20.1 Å². The quantitative estimate of drug-likeness (QED) is 0.625. The maximum atomic E-state index is 10.2. The Morgan fingerprint density at radius 3 is 2.55 bits per heavy atom. The summed E-state index contributed by atoms with van der Waals surface area (Å²) in [5.74, 6) is 0. The Labute approximate surface area is 121 Å². The molecule has 1 saturated heterocycles. The predicted octanol–water partition coefficient (Wildman–Crippen LogP) is -1.02. The fourth-order valence-electron chi connectivity index (χ4n) is 2.85. The van der Waals surface area contributed by atoms with Gasteiger partial charge in [-0.1, -0.05) is 30.3 Å². The Morgan fingerprint density at radius 1 is 1.25 bits per heavy atom. The van der Waals surface area contributed by atoms with Gasteiger partial charge in [-0.3, -0.25) is 0 Å². The normalized spacial score (nSPS) is 18.9. The summed E-state index contributed by atoms with van der Waals surface area (Å²) in [7, 11) is 0. The molecule has 4 heteroatoms. The third-order valence-electron chi connectivity index (χ3n) is 4.28. The van der Waals surface area contributed by atoms with E-state index in [1.807, 2.05) is 30.3 Å². The van der Waals surface area contributed by atoms with E-state index in [-0.39, 0.29) is 11.6 Å². The van der Waals surface area contributed by atoms with Crippen LogP contribution in [0.15, 0.2) is 30.3 Å². The second-order valence-corrected chi connectivity index (χ2v) is 6.25. The fraction of sp³-hybridized carbons (Fsp3) is 0.625. The molecule has 20 heavy (non-hydrogen) atoms. The highest BCUT2D eigenvalue weighted by atomic mass is 16.5. The third-order valence-corrected chi connectivity index (χ3v) is 4.28. The zero-order chi connectivity index (χ0) is 14.4. The highest BCUT2D eigenvalue weighted by Gasteiger charge is 2.34. The Bertz CT molecular complexity index is 389. The first-order chi connectivity index (χ1) is 9.59. The fourth-order valence-corrected chi connectivity index (χ4v) is 2.85. The molecule has 1 atom stereocenters. The molecule has 4 N–H and O–H groups in total. The van der Waals surface area contributed by atoms with Crippen molar-refractivity contribution in [1.29, 1.82) is 0 Å². The van der Waals surface area contributed by atoms with Crippen molar-refractivity contribution in [2.75, 3.05) is 39.4 Å². The molecule has 2 rings (SSSR count). The van der Waals surface area contributed by atoms with E-state index in [9.17, 15) is 5.11 Å². The maximum Gasteiger partial charge on any atom is 0.141 e. The highest BCUT2D eigenvalue weighted by molar-refractivity contribution is 5.16. The van der Waals surface area contributed by atoms with E-state index >= 15 is 0 Å². The van der Waals surface area contributed by atoms with E-state index in [0.29, 0.717) is 0 Å². The molecular formula is C16H28N2O2+2. The average molecular weight is 280 g/mol. The van der Waals surface area contributed by atoms with Crippen LogP contribution in [0.2, 0.25) is 0 Å². The van der Waals surface area contributed by atoms with E-state index in [0.717, 1.165) is 45.0 Å². The molecule has 1 aliphatic heterocycles. The van der Waals surface area contributed by atoms with E-state index in [1.54, 1.807) is 4.90 Å². The zero-order valence-corrected chi connectivity index (χ0v) is 12.6. The molecule has 1 aromatic carbocycles. The van der Waals surface area contributed by atoms with Crippen LogP contribution in [0.3, 0.4) is 0 Å². The van der Waals surface area contributed by atoms with Crippen molar-refractivity contribution in [1.82, 2.24) is 0 Å². The topological polar surface area (TPSA) is 50.5 Å². The van der Waals surface area contributed by atoms with Gasteiger partial charge in [0.2, 0.25) is 0 Å². The maximum absolute atomic E-state index is 10.2. The highest BCUT2D eigenvalue weighted by Crippen LogP contribution is 2.09. The van der Waals surface area contributed by atoms with Crippen molar-refractivity contribution in [3.63, 3.8) is 0 Å². The molecule has 1 aliphatic rings. The summed E-state index contributed by atoms with van der Waals surface area (Å²) in [6, 6.07) is 9.89. The minimum absolute atomic E-state index is 0.222. The first-order valence-corrected chi connectivity index (χ1v) is 7.57. The first-order valence-electron chi connectivity index (χ1n) is 7.57. The van der Waals surface area contributed by atoms with Gasteiger partial charge in [-0.05, 0) is 19.4 Å². The van der Waals surface area contributed by atoms with Gasteiger partial charge in [-0.25, -0.2) is 0 Å². The first kappa shape index (κ1) is 15.4. The van der Waals surface area contributed by atoms with Crippen molar-refractivity contribution in [2.45, 2.75) is 25.5 Å². The lowest BCUT2D eigenvalue weighted by Crippen LogP contribution is -3.23. The van der Waals surface area contributed by atoms with Gasteiger partial charge in [0.05, 0.1) is 13.2 Å². The molecule has 1 fully saturated rings. The molecule has 1 aromatic rings. The summed E-state index contributed by atoms with van der Waals surface area (Å²) < 4.78 is 5.42. The number of aliphatic hydroxyl groups excluding tert-OH is 1. The van der Waals surface area contributed by atoms with Gasteiger partial charge in [-0.2, -0.15) is 0 Å². The predicted molar refractivity (Wildman–Crippen MR) is 78.7 cm³/mol. The van der Waals surface area contributed by atoms with Gasteiger partial charge in [0, 0.05) is 0 Å². The smallest absolute Gasteiger partial charge is 0.141 e. The van der Waals surface area contributed by atoms with Crippen LogP contribution >= 0.6 is 0 Å². The molecule has 0 aliphatic carbocycles. The minimum atomic E-state index is -0.383. The van der Waals surface area contributed by atoms with Crippen LogP contribution in [0.4, 0.5) is 0 Å². The van der Waals surface area contributed by atoms with Crippen LogP contribution in [0.5, 0.6) is 0 Å². The number of ether oxygens (including phenoxy) is 1. The van der Waals surface area contributed by atoms with Gasteiger partial charge in [0.1, 0.15) is 37.8 Å². The molecule has 0 saturated carbocycles. The second-order valence-electron chi connectivity index (χ2n) is 6.25. The SMILES string of the molecule is CC(C)(C[NH2+]C[C@@H](O)c1ccccc1)[NH+]1CCOCC1. The van der Waals surface area contributed by atoms with E-state index in [1.165, 1.54) is 0 Å². The van der Waals surface area contributed by atoms with Gasteiger partial charge in [0.25, 0.3) is 0 Å². The summed E-state index contributed by atoms with van der Waals surface area (Å²) >= 11 is 0. The zero-order valence-electron chi connectivity index (χ0n) is 12.6. The standard InChI is InChI=1S/C16H26N2O2/c1-16(2,18-8-10-20-11-9-18)13-17-12-15(19)14-6-4-3-5-7-14/h3-7,15,17,19H,8-13H2,1-2H3/p+2/t15-/m1/s1. The molecule has 0 amide bonds. The molecule has 0 radical (unpaired) electrons. The monoisotopic (exact) mass is 280 g/mol. The number of quaternary nitrogens is 2. The Balaban J connectivity index is 1.77.